The first-order chi connectivity index (χ1) is 7.70. The quantitative estimate of drug-likeness (QED) is 0.820. The van der Waals surface area contributed by atoms with Crippen LogP contribution in [0.2, 0.25) is 0 Å². The molecule has 1 N–H and O–H groups in total. The van der Waals surface area contributed by atoms with Crippen LogP contribution in [0.1, 0.15) is 17.1 Å². The van der Waals surface area contributed by atoms with Gasteiger partial charge in [0.1, 0.15) is 0 Å². The molecule has 0 fully saturated rings. The van der Waals surface area contributed by atoms with Gasteiger partial charge in [-0.1, -0.05) is 0 Å². The molecular formula is C11H15N3OS. The molecule has 0 amide bonds. The topological polar surface area (TPSA) is 50.4 Å². The van der Waals surface area contributed by atoms with Crippen LogP contribution in [0.5, 0.6) is 0 Å². The second-order valence-corrected chi connectivity index (χ2v) is 4.82. The van der Waals surface area contributed by atoms with Crippen molar-refractivity contribution in [2.24, 2.45) is 0 Å². The SMILES string of the molecule is Cc1cc(C)n2cc(CSCCO)nc2n1. The van der Waals surface area contributed by atoms with Gasteiger partial charge in [-0.15, -0.1) is 0 Å². The molecule has 2 aromatic rings. The lowest BCUT2D eigenvalue weighted by Crippen LogP contribution is -1.94. The summed E-state index contributed by atoms with van der Waals surface area (Å²) in [5.41, 5.74) is 3.15. The molecule has 0 bridgehead atoms. The van der Waals surface area contributed by atoms with Crippen LogP contribution in [0, 0.1) is 13.8 Å². The molecule has 0 aliphatic heterocycles. The van der Waals surface area contributed by atoms with E-state index in [1.54, 1.807) is 11.8 Å². The third-order valence-electron chi connectivity index (χ3n) is 2.30. The molecule has 0 aliphatic rings. The van der Waals surface area contributed by atoms with Crippen LogP contribution in [-0.2, 0) is 5.75 Å². The van der Waals surface area contributed by atoms with Gasteiger partial charge in [0.15, 0.2) is 0 Å². The summed E-state index contributed by atoms with van der Waals surface area (Å²) >= 11 is 1.68. The van der Waals surface area contributed by atoms with Crippen LogP contribution in [0.15, 0.2) is 12.3 Å². The Morgan fingerprint density at radius 3 is 2.94 bits per heavy atom. The Hall–Kier alpha value is -1.07. The minimum absolute atomic E-state index is 0.217. The van der Waals surface area contributed by atoms with E-state index in [4.69, 9.17) is 5.11 Å². The molecule has 86 valence electrons. The average molecular weight is 237 g/mol. The second-order valence-electron chi connectivity index (χ2n) is 3.72. The Bertz CT molecular complexity index is 495. The van der Waals surface area contributed by atoms with Gasteiger partial charge in [-0.05, 0) is 19.9 Å². The highest BCUT2D eigenvalue weighted by molar-refractivity contribution is 7.98. The molecule has 2 heterocycles. The number of imidazole rings is 1. The van der Waals surface area contributed by atoms with Crippen LogP contribution in [-0.4, -0.2) is 31.8 Å². The summed E-state index contributed by atoms with van der Waals surface area (Å²) in [4.78, 5) is 8.83. The lowest BCUT2D eigenvalue weighted by molar-refractivity contribution is 0.322. The van der Waals surface area contributed by atoms with Gasteiger partial charge in [0.05, 0.1) is 12.3 Å². The summed E-state index contributed by atoms with van der Waals surface area (Å²) in [6, 6.07) is 2.04. The van der Waals surface area contributed by atoms with Crippen LogP contribution in [0.25, 0.3) is 5.78 Å². The van der Waals surface area contributed by atoms with Gasteiger partial charge in [0, 0.05) is 29.1 Å². The van der Waals surface area contributed by atoms with E-state index in [0.717, 1.165) is 34.4 Å². The van der Waals surface area contributed by atoms with E-state index in [1.807, 2.05) is 30.5 Å². The predicted octanol–water partition coefficient (Wildman–Crippen LogP) is 1.57. The number of fused-ring (bicyclic) bond motifs is 1. The molecule has 0 saturated carbocycles. The number of aromatic nitrogens is 3. The summed E-state index contributed by atoms with van der Waals surface area (Å²) in [6.45, 7) is 4.24. The maximum atomic E-state index is 8.71. The zero-order valence-electron chi connectivity index (χ0n) is 9.47. The summed E-state index contributed by atoms with van der Waals surface area (Å²) in [5.74, 6) is 2.33. The first-order valence-electron chi connectivity index (χ1n) is 5.21. The number of rotatable bonds is 4. The van der Waals surface area contributed by atoms with Crippen molar-refractivity contribution in [3.8, 4) is 0 Å². The maximum absolute atomic E-state index is 8.71. The molecule has 0 spiro atoms. The van der Waals surface area contributed by atoms with E-state index in [9.17, 15) is 0 Å². The fourth-order valence-corrected chi connectivity index (χ4v) is 2.25. The first kappa shape index (κ1) is 11.4. The Balaban J connectivity index is 2.26. The van der Waals surface area contributed by atoms with Crippen molar-refractivity contribution >= 4 is 17.5 Å². The molecule has 0 aliphatic carbocycles. The molecule has 5 heteroatoms. The van der Waals surface area contributed by atoms with Gasteiger partial charge in [0.25, 0.3) is 0 Å². The Kier molecular flexibility index (Phi) is 3.46. The largest absolute Gasteiger partial charge is 0.396 e. The second kappa shape index (κ2) is 4.84. The van der Waals surface area contributed by atoms with Crippen LogP contribution in [0.4, 0.5) is 0 Å². The van der Waals surface area contributed by atoms with Gasteiger partial charge < -0.3 is 5.11 Å². The van der Waals surface area contributed by atoms with Gasteiger partial charge >= 0.3 is 0 Å². The lowest BCUT2D eigenvalue weighted by atomic mass is 10.3. The van der Waals surface area contributed by atoms with Crippen molar-refractivity contribution in [3.05, 3.63) is 29.3 Å². The molecule has 4 nitrogen and oxygen atoms in total. The minimum atomic E-state index is 0.217. The van der Waals surface area contributed by atoms with Crippen molar-refractivity contribution in [2.45, 2.75) is 19.6 Å². The Labute approximate surface area is 98.7 Å². The Morgan fingerprint density at radius 2 is 2.19 bits per heavy atom. The number of aryl methyl sites for hydroxylation is 2. The Morgan fingerprint density at radius 1 is 1.38 bits per heavy atom. The van der Waals surface area contributed by atoms with Crippen LogP contribution >= 0.6 is 11.8 Å². The molecular weight excluding hydrogens is 222 g/mol. The molecule has 2 aromatic heterocycles. The van der Waals surface area contributed by atoms with Crippen molar-refractivity contribution in [2.75, 3.05) is 12.4 Å². The van der Waals surface area contributed by atoms with E-state index in [1.165, 1.54) is 0 Å². The van der Waals surface area contributed by atoms with Crippen LogP contribution < -0.4 is 0 Å². The minimum Gasteiger partial charge on any atom is -0.396 e. The average Bonchev–Trinajstić information content (AvgIpc) is 2.61. The smallest absolute Gasteiger partial charge is 0.234 e. The van der Waals surface area contributed by atoms with E-state index in [2.05, 4.69) is 9.97 Å². The fraction of sp³-hybridized carbons (Fsp3) is 0.455. The number of aliphatic hydroxyl groups is 1. The molecule has 2 rings (SSSR count). The molecule has 0 unspecified atom stereocenters. The first-order valence-corrected chi connectivity index (χ1v) is 6.37. The number of hydrogen-bond acceptors (Lipinski definition) is 4. The monoisotopic (exact) mass is 237 g/mol. The molecule has 0 aromatic carbocycles. The number of nitrogens with zero attached hydrogens (tertiary/aromatic N) is 3. The molecule has 0 saturated heterocycles. The third kappa shape index (κ3) is 2.36. The van der Waals surface area contributed by atoms with Crippen molar-refractivity contribution in [1.29, 1.82) is 0 Å². The highest BCUT2D eigenvalue weighted by atomic mass is 32.2. The summed E-state index contributed by atoms with van der Waals surface area (Å²) < 4.78 is 2.00. The highest BCUT2D eigenvalue weighted by Gasteiger charge is 2.05. The summed E-state index contributed by atoms with van der Waals surface area (Å²) in [7, 11) is 0. The van der Waals surface area contributed by atoms with E-state index >= 15 is 0 Å². The van der Waals surface area contributed by atoms with Crippen LogP contribution in [0.3, 0.4) is 0 Å². The summed E-state index contributed by atoms with van der Waals surface area (Å²) in [6.07, 6.45) is 2.02. The van der Waals surface area contributed by atoms with Gasteiger partial charge in [-0.3, -0.25) is 4.40 Å². The normalized spacial score (nSPS) is 11.2. The lowest BCUT2D eigenvalue weighted by Gasteiger charge is -1.98. The highest BCUT2D eigenvalue weighted by Crippen LogP contribution is 2.13. The predicted molar refractivity (Wildman–Crippen MR) is 65.7 cm³/mol. The standard InChI is InChI=1S/C11H15N3OS/c1-8-5-9(2)14-6-10(7-16-4-3-15)13-11(14)12-8/h5-6,15H,3-4,7H2,1-2H3. The zero-order chi connectivity index (χ0) is 11.5. The van der Waals surface area contributed by atoms with E-state index in [0.29, 0.717) is 0 Å². The fourth-order valence-electron chi connectivity index (χ4n) is 1.63. The third-order valence-corrected chi connectivity index (χ3v) is 3.27. The van der Waals surface area contributed by atoms with Crippen molar-refractivity contribution in [3.63, 3.8) is 0 Å². The summed E-state index contributed by atoms with van der Waals surface area (Å²) in [5, 5.41) is 8.71. The van der Waals surface area contributed by atoms with Gasteiger partial charge in [0.2, 0.25) is 5.78 Å². The van der Waals surface area contributed by atoms with E-state index < -0.39 is 0 Å². The van der Waals surface area contributed by atoms with Gasteiger partial charge in [-0.25, -0.2) is 9.97 Å². The number of aliphatic hydroxyl groups excluding tert-OH is 1. The number of hydrogen-bond donors (Lipinski definition) is 1. The maximum Gasteiger partial charge on any atom is 0.234 e. The zero-order valence-corrected chi connectivity index (χ0v) is 10.3. The van der Waals surface area contributed by atoms with E-state index in [-0.39, 0.29) is 6.61 Å². The van der Waals surface area contributed by atoms with Crippen molar-refractivity contribution in [1.82, 2.24) is 14.4 Å². The molecule has 0 atom stereocenters. The van der Waals surface area contributed by atoms with Gasteiger partial charge in [-0.2, -0.15) is 11.8 Å². The van der Waals surface area contributed by atoms with Crippen molar-refractivity contribution < 1.29 is 5.11 Å². The number of thioether (sulfide) groups is 1. The molecule has 0 radical (unpaired) electrons. The molecule has 16 heavy (non-hydrogen) atoms.